The first-order chi connectivity index (χ1) is 18.3. The number of benzene rings is 2. The second-order valence-electron chi connectivity index (χ2n) is 7.91. The number of hydrogen-bond acceptors (Lipinski definition) is 8. The van der Waals surface area contributed by atoms with Crippen molar-refractivity contribution in [1.29, 1.82) is 5.26 Å². The van der Waals surface area contributed by atoms with Crippen molar-refractivity contribution in [2.45, 2.75) is 27.1 Å². The average Bonchev–Trinajstić information content (AvgIpc) is 2.88. The molecule has 0 saturated heterocycles. The van der Waals surface area contributed by atoms with Gasteiger partial charge in [-0.15, -0.1) is 0 Å². The Kier molecular flexibility index (Phi) is 11.1. The molecule has 1 amide bonds. The van der Waals surface area contributed by atoms with Crippen LogP contribution in [0.2, 0.25) is 5.02 Å². The molecule has 38 heavy (non-hydrogen) atoms. The number of aryl methyl sites for hydroxylation is 1. The molecule has 1 N–H and O–H groups in total. The third-order valence-corrected chi connectivity index (χ3v) is 6.03. The van der Waals surface area contributed by atoms with E-state index in [2.05, 4.69) is 44.2 Å². The van der Waals surface area contributed by atoms with Gasteiger partial charge in [0.1, 0.15) is 18.2 Å². The van der Waals surface area contributed by atoms with Gasteiger partial charge in [0.25, 0.3) is 5.91 Å². The Balaban J connectivity index is 1.63. The number of ether oxygens (including phenoxy) is 4. The van der Waals surface area contributed by atoms with Crippen molar-refractivity contribution >= 4 is 46.3 Å². The Labute approximate surface area is 239 Å². The number of carbonyl (C=O) groups is 1. The van der Waals surface area contributed by atoms with E-state index in [1.165, 1.54) is 13.3 Å². The van der Waals surface area contributed by atoms with Crippen LogP contribution in [0.25, 0.3) is 0 Å². The molecule has 0 spiro atoms. The molecule has 0 unspecified atom stereocenters. The molecule has 2 aromatic carbocycles. The van der Waals surface area contributed by atoms with Crippen LogP contribution in [0.1, 0.15) is 34.9 Å². The lowest BCUT2D eigenvalue weighted by atomic mass is 10.1. The maximum Gasteiger partial charge on any atom is 0.278 e. The molecule has 0 aliphatic rings. The number of nitriles is 1. The molecule has 198 valence electrons. The lowest BCUT2D eigenvalue weighted by Crippen LogP contribution is -2.25. The van der Waals surface area contributed by atoms with Crippen LogP contribution in [0.5, 0.6) is 17.4 Å². The molecule has 0 fully saturated rings. The van der Waals surface area contributed by atoms with Crippen molar-refractivity contribution < 1.29 is 23.7 Å². The number of carbonyl (C=O) groups excluding carboxylic acids is 1. The monoisotopic (exact) mass is 648 g/mol. The lowest BCUT2D eigenvalue weighted by Gasteiger charge is -2.15. The Hall–Kier alpha value is -3.40. The SMILES string of the molecule is CCOc1cc(/C=N\NC(=O)COc2nc(C)cc(COC)c2C#N)cc(I)c1OCc1ccc(Cl)cc1. The summed E-state index contributed by atoms with van der Waals surface area (Å²) in [5.74, 6) is 0.739. The second kappa shape index (κ2) is 14.5. The summed E-state index contributed by atoms with van der Waals surface area (Å²) in [4.78, 5) is 16.5. The van der Waals surface area contributed by atoms with E-state index in [0.29, 0.717) is 46.6 Å². The molecule has 9 nitrogen and oxygen atoms in total. The number of hydrazone groups is 1. The van der Waals surface area contributed by atoms with Crippen LogP contribution < -0.4 is 19.6 Å². The van der Waals surface area contributed by atoms with E-state index < -0.39 is 5.91 Å². The van der Waals surface area contributed by atoms with E-state index in [-0.39, 0.29) is 24.7 Å². The quantitative estimate of drug-likeness (QED) is 0.164. The Morgan fingerprint density at radius 3 is 2.63 bits per heavy atom. The van der Waals surface area contributed by atoms with Gasteiger partial charge in [-0.3, -0.25) is 4.79 Å². The maximum atomic E-state index is 12.3. The summed E-state index contributed by atoms with van der Waals surface area (Å²) in [5, 5.41) is 14.2. The fourth-order valence-electron chi connectivity index (χ4n) is 3.35. The summed E-state index contributed by atoms with van der Waals surface area (Å²) in [6, 6.07) is 14.9. The van der Waals surface area contributed by atoms with Crippen molar-refractivity contribution in [1.82, 2.24) is 10.4 Å². The highest BCUT2D eigenvalue weighted by atomic mass is 127. The van der Waals surface area contributed by atoms with Gasteiger partial charge in [-0.25, -0.2) is 10.4 Å². The summed E-state index contributed by atoms with van der Waals surface area (Å²) in [6.45, 7) is 4.32. The van der Waals surface area contributed by atoms with Gasteiger partial charge in [-0.05, 0) is 77.9 Å². The molecule has 0 saturated carbocycles. The third kappa shape index (κ3) is 8.31. The highest BCUT2D eigenvalue weighted by Crippen LogP contribution is 2.34. The average molecular weight is 649 g/mol. The molecule has 1 aromatic heterocycles. The summed E-state index contributed by atoms with van der Waals surface area (Å²) in [7, 11) is 1.53. The van der Waals surface area contributed by atoms with Crippen LogP contribution in [-0.4, -0.2) is 37.4 Å². The van der Waals surface area contributed by atoms with Gasteiger partial charge in [0.2, 0.25) is 5.88 Å². The summed E-state index contributed by atoms with van der Waals surface area (Å²) in [6.07, 6.45) is 1.49. The van der Waals surface area contributed by atoms with Crippen molar-refractivity contribution in [3.05, 3.63) is 79.0 Å². The van der Waals surface area contributed by atoms with Gasteiger partial charge in [0.05, 0.1) is 23.0 Å². The Bertz CT molecular complexity index is 1340. The Morgan fingerprint density at radius 2 is 1.95 bits per heavy atom. The van der Waals surface area contributed by atoms with Crippen LogP contribution in [0, 0.1) is 21.8 Å². The van der Waals surface area contributed by atoms with Crippen LogP contribution in [-0.2, 0) is 22.7 Å². The zero-order valence-corrected chi connectivity index (χ0v) is 24.0. The highest BCUT2D eigenvalue weighted by molar-refractivity contribution is 14.1. The topological polar surface area (TPSA) is 115 Å². The highest BCUT2D eigenvalue weighted by Gasteiger charge is 2.15. The first-order valence-corrected chi connectivity index (χ1v) is 13.0. The molecule has 0 aliphatic heterocycles. The summed E-state index contributed by atoms with van der Waals surface area (Å²) >= 11 is 8.12. The van der Waals surface area contributed by atoms with Crippen LogP contribution in [0.3, 0.4) is 0 Å². The molecule has 0 radical (unpaired) electrons. The number of nitrogens with zero attached hydrogens (tertiary/aromatic N) is 3. The zero-order valence-electron chi connectivity index (χ0n) is 21.1. The predicted molar refractivity (Wildman–Crippen MR) is 152 cm³/mol. The largest absolute Gasteiger partial charge is 0.490 e. The van der Waals surface area contributed by atoms with E-state index >= 15 is 0 Å². The number of hydrogen-bond donors (Lipinski definition) is 1. The zero-order chi connectivity index (χ0) is 27.5. The third-order valence-electron chi connectivity index (χ3n) is 4.98. The minimum Gasteiger partial charge on any atom is -0.490 e. The number of amides is 1. The van der Waals surface area contributed by atoms with E-state index in [1.807, 2.05) is 37.3 Å². The molecule has 3 rings (SSSR count). The molecule has 0 bridgehead atoms. The van der Waals surface area contributed by atoms with Gasteiger partial charge in [-0.1, -0.05) is 23.7 Å². The first-order valence-electron chi connectivity index (χ1n) is 11.5. The van der Waals surface area contributed by atoms with E-state index in [9.17, 15) is 10.1 Å². The summed E-state index contributed by atoms with van der Waals surface area (Å²) < 4.78 is 23.2. The fourth-order valence-corrected chi connectivity index (χ4v) is 4.26. The normalized spacial score (nSPS) is 10.7. The lowest BCUT2D eigenvalue weighted by molar-refractivity contribution is -0.123. The number of halogens is 2. The van der Waals surface area contributed by atoms with Crippen molar-refractivity contribution in [3.8, 4) is 23.4 Å². The minimum atomic E-state index is -0.510. The fraction of sp³-hybridized carbons (Fsp3) is 0.259. The van der Waals surface area contributed by atoms with Gasteiger partial charge < -0.3 is 18.9 Å². The standard InChI is InChI=1S/C27H26ClIN4O5/c1-4-36-24-11-19(10-23(29)26(24)37-14-18-5-7-21(28)8-6-18)13-31-33-25(34)16-38-27-22(12-30)20(15-35-3)9-17(2)32-27/h5-11,13H,4,14-16H2,1-3H3,(H,33,34)/b31-13-. The Morgan fingerprint density at radius 1 is 1.18 bits per heavy atom. The molecule has 0 atom stereocenters. The molecule has 11 heteroatoms. The molecule has 0 aliphatic carbocycles. The van der Waals surface area contributed by atoms with Crippen LogP contribution in [0.15, 0.2) is 47.6 Å². The van der Waals surface area contributed by atoms with Gasteiger partial charge in [0.15, 0.2) is 18.1 Å². The van der Waals surface area contributed by atoms with Crippen molar-refractivity contribution in [2.75, 3.05) is 20.3 Å². The van der Waals surface area contributed by atoms with E-state index in [1.54, 1.807) is 19.1 Å². The number of pyridine rings is 1. The molecular formula is C27H26ClIN4O5. The number of aromatic nitrogens is 1. The van der Waals surface area contributed by atoms with Crippen molar-refractivity contribution in [3.63, 3.8) is 0 Å². The van der Waals surface area contributed by atoms with Gasteiger partial charge >= 0.3 is 0 Å². The second-order valence-corrected chi connectivity index (χ2v) is 9.51. The smallest absolute Gasteiger partial charge is 0.278 e. The van der Waals surface area contributed by atoms with Gasteiger partial charge in [-0.2, -0.15) is 10.4 Å². The molecule has 1 heterocycles. The van der Waals surface area contributed by atoms with Crippen molar-refractivity contribution in [2.24, 2.45) is 5.10 Å². The molecular weight excluding hydrogens is 623 g/mol. The maximum absolute atomic E-state index is 12.3. The van der Waals surface area contributed by atoms with Crippen LogP contribution >= 0.6 is 34.2 Å². The molecule has 3 aromatic rings. The predicted octanol–water partition coefficient (Wildman–Crippen LogP) is 5.17. The van der Waals surface area contributed by atoms with Crippen LogP contribution in [0.4, 0.5) is 0 Å². The number of methoxy groups -OCH3 is 1. The minimum absolute atomic E-state index is 0.0729. The van der Waals surface area contributed by atoms with Gasteiger partial charge in [0, 0.05) is 23.4 Å². The number of nitrogens with one attached hydrogen (secondary N) is 1. The summed E-state index contributed by atoms with van der Waals surface area (Å²) in [5.41, 5.74) is 5.60. The van der Waals surface area contributed by atoms with E-state index in [4.69, 9.17) is 30.5 Å². The van der Waals surface area contributed by atoms with E-state index in [0.717, 1.165) is 9.13 Å². The number of rotatable bonds is 12. The first kappa shape index (κ1) is 29.2.